The lowest BCUT2D eigenvalue weighted by Gasteiger charge is -2.31. The van der Waals surface area contributed by atoms with E-state index in [1.54, 1.807) is 6.92 Å². The highest BCUT2D eigenvalue weighted by Crippen LogP contribution is 2.26. The Morgan fingerprint density at radius 3 is 2.20 bits per heavy atom. The first-order chi connectivity index (χ1) is 14.4. The van der Waals surface area contributed by atoms with Gasteiger partial charge < -0.3 is 10.1 Å². The van der Waals surface area contributed by atoms with Crippen molar-refractivity contribution in [3.8, 4) is 5.75 Å². The molecule has 1 atom stereocenters. The number of sulfonamides is 1. The van der Waals surface area contributed by atoms with Crippen molar-refractivity contribution in [1.82, 2.24) is 9.62 Å². The molecular formula is C23H30N2O4S. The van der Waals surface area contributed by atoms with Gasteiger partial charge in [0.15, 0.2) is 0 Å². The maximum Gasteiger partial charge on any atom is 0.223 e. The second-order valence-corrected chi connectivity index (χ2v) is 9.69. The smallest absolute Gasteiger partial charge is 0.223 e. The van der Waals surface area contributed by atoms with E-state index in [-0.39, 0.29) is 23.6 Å². The highest BCUT2D eigenvalue weighted by molar-refractivity contribution is 7.89. The summed E-state index contributed by atoms with van der Waals surface area (Å²) < 4.78 is 31.2. The largest absolute Gasteiger partial charge is 0.494 e. The maximum atomic E-state index is 13.0. The van der Waals surface area contributed by atoms with Crippen molar-refractivity contribution < 1.29 is 17.9 Å². The van der Waals surface area contributed by atoms with Gasteiger partial charge in [-0.1, -0.05) is 42.5 Å². The Labute approximate surface area is 179 Å². The summed E-state index contributed by atoms with van der Waals surface area (Å²) in [6.45, 7) is 4.98. The summed E-state index contributed by atoms with van der Waals surface area (Å²) in [4.78, 5) is 13.0. The summed E-state index contributed by atoms with van der Waals surface area (Å²) in [6, 6.07) is 17.4. The van der Waals surface area contributed by atoms with Crippen molar-refractivity contribution in [1.29, 1.82) is 0 Å². The zero-order chi connectivity index (χ0) is 21.6. The summed E-state index contributed by atoms with van der Waals surface area (Å²) in [5.74, 6) is 0.662. The first kappa shape index (κ1) is 22.3. The van der Waals surface area contributed by atoms with Gasteiger partial charge in [-0.2, -0.15) is 0 Å². The third kappa shape index (κ3) is 5.40. The number of nitrogens with zero attached hydrogens (tertiary/aromatic N) is 1. The molecule has 1 heterocycles. The summed E-state index contributed by atoms with van der Waals surface area (Å²) in [6.07, 6.45) is 1.08. The molecule has 30 heavy (non-hydrogen) atoms. The summed E-state index contributed by atoms with van der Waals surface area (Å²) >= 11 is 0. The SMILES string of the molecule is CCOc1ccc(C(NC(=O)C2CCN(S(=O)(=O)CC)CC2)c2ccccc2)cc1. The average molecular weight is 431 g/mol. The van der Waals surface area contributed by atoms with Crippen molar-refractivity contribution in [2.75, 3.05) is 25.4 Å². The van der Waals surface area contributed by atoms with Crippen LogP contribution in [-0.2, 0) is 14.8 Å². The van der Waals surface area contributed by atoms with Gasteiger partial charge in [0.05, 0.1) is 18.4 Å². The highest BCUT2D eigenvalue weighted by atomic mass is 32.2. The van der Waals surface area contributed by atoms with E-state index in [0.717, 1.165) is 16.9 Å². The summed E-state index contributed by atoms with van der Waals surface area (Å²) in [7, 11) is -3.20. The molecule has 1 aliphatic heterocycles. The molecule has 1 N–H and O–H groups in total. The van der Waals surface area contributed by atoms with Gasteiger partial charge in [0.25, 0.3) is 0 Å². The van der Waals surface area contributed by atoms with Crippen LogP contribution in [0.1, 0.15) is 43.9 Å². The van der Waals surface area contributed by atoms with Crippen LogP contribution in [0.2, 0.25) is 0 Å². The van der Waals surface area contributed by atoms with Crippen molar-refractivity contribution in [2.45, 2.75) is 32.7 Å². The standard InChI is InChI=1S/C23H30N2O4S/c1-3-29-21-12-10-19(11-13-21)22(18-8-6-5-7-9-18)24-23(26)20-14-16-25(17-15-20)30(27,28)4-2/h5-13,20,22H,3-4,14-17H2,1-2H3,(H,24,26). The number of hydrogen-bond acceptors (Lipinski definition) is 4. The molecule has 1 amide bonds. The van der Waals surface area contributed by atoms with E-state index in [1.165, 1.54) is 4.31 Å². The van der Waals surface area contributed by atoms with E-state index in [4.69, 9.17) is 4.74 Å². The zero-order valence-corrected chi connectivity index (χ0v) is 18.4. The molecule has 3 rings (SSSR count). The molecule has 162 valence electrons. The van der Waals surface area contributed by atoms with E-state index in [1.807, 2.05) is 61.5 Å². The van der Waals surface area contributed by atoms with Crippen LogP contribution in [0.25, 0.3) is 0 Å². The van der Waals surface area contributed by atoms with Crippen molar-refractivity contribution >= 4 is 15.9 Å². The summed E-state index contributed by atoms with van der Waals surface area (Å²) in [5, 5.41) is 3.19. The van der Waals surface area contributed by atoms with Gasteiger partial charge in [0.2, 0.25) is 15.9 Å². The molecule has 2 aromatic carbocycles. The molecule has 1 saturated heterocycles. The molecule has 7 heteroatoms. The van der Waals surface area contributed by atoms with Gasteiger partial charge >= 0.3 is 0 Å². The second-order valence-electron chi connectivity index (χ2n) is 7.43. The Balaban J connectivity index is 1.73. The molecular weight excluding hydrogens is 400 g/mol. The molecule has 0 saturated carbocycles. The molecule has 6 nitrogen and oxygen atoms in total. The molecule has 0 spiro atoms. The molecule has 0 aliphatic carbocycles. The molecule has 2 aromatic rings. The number of nitrogens with one attached hydrogen (secondary N) is 1. The number of amides is 1. The predicted octanol–water partition coefficient (Wildman–Crippen LogP) is 3.35. The molecule has 0 bridgehead atoms. The average Bonchev–Trinajstić information content (AvgIpc) is 2.79. The molecule has 1 unspecified atom stereocenters. The normalized spacial score (nSPS) is 16.7. The first-order valence-corrected chi connectivity index (χ1v) is 12.1. The van der Waals surface area contributed by atoms with Crippen LogP contribution in [-0.4, -0.2) is 44.1 Å². The zero-order valence-electron chi connectivity index (χ0n) is 17.6. The van der Waals surface area contributed by atoms with Crippen LogP contribution in [0, 0.1) is 5.92 Å². The van der Waals surface area contributed by atoms with Gasteiger partial charge in [-0.3, -0.25) is 4.79 Å². The number of rotatable bonds is 8. The Morgan fingerprint density at radius 2 is 1.63 bits per heavy atom. The van der Waals surface area contributed by atoms with Crippen LogP contribution in [0.5, 0.6) is 5.75 Å². The van der Waals surface area contributed by atoms with Gasteiger partial charge in [-0.25, -0.2) is 12.7 Å². The Hall–Kier alpha value is -2.38. The van der Waals surface area contributed by atoms with E-state index < -0.39 is 10.0 Å². The molecule has 0 aromatic heterocycles. The fourth-order valence-corrected chi connectivity index (χ4v) is 4.90. The molecule has 0 radical (unpaired) electrons. The number of carbonyl (C=O) groups excluding carboxylic acids is 1. The van der Waals surface area contributed by atoms with Gasteiger partial charge in [-0.15, -0.1) is 0 Å². The minimum absolute atomic E-state index is 0.0358. The number of benzene rings is 2. The van der Waals surface area contributed by atoms with Crippen LogP contribution in [0.15, 0.2) is 54.6 Å². The predicted molar refractivity (Wildman–Crippen MR) is 118 cm³/mol. The quantitative estimate of drug-likeness (QED) is 0.697. The van der Waals surface area contributed by atoms with E-state index in [0.29, 0.717) is 32.5 Å². The minimum Gasteiger partial charge on any atom is -0.494 e. The second kappa shape index (κ2) is 10.1. The number of piperidine rings is 1. The molecule has 1 aliphatic rings. The highest BCUT2D eigenvalue weighted by Gasteiger charge is 2.31. The van der Waals surface area contributed by atoms with Gasteiger partial charge in [0.1, 0.15) is 5.75 Å². The first-order valence-electron chi connectivity index (χ1n) is 10.5. The minimum atomic E-state index is -3.20. The van der Waals surface area contributed by atoms with Crippen LogP contribution in [0.3, 0.4) is 0 Å². The van der Waals surface area contributed by atoms with Crippen molar-refractivity contribution in [3.05, 3.63) is 65.7 Å². The fourth-order valence-electron chi connectivity index (χ4n) is 3.77. The Bertz CT molecular complexity index is 921. The number of hydrogen-bond donors (Lipinski definition) is 1. The van der Waals surface area contributed by atoms with Crippen LogP contribution >= 0.6 is 0 Å². The number of carbonyl (C=O) groups is 1. The monoisotopic (exact) mass is 430 g/mol. The van der Waals surface area contributed by atoms with Crippen LogP contribution in [0.4, 0.5) is 0 Å². The maximum absolute atomic E-state index is 13.0. The van der Waals surface area contributed by atoms with E-state index >= 15 is 0 Å². The van der Waals surface area contributed by atoms with E-state index in [9.17, 15) is 13.2 Å². The molecule has 1 fully saturated rings. The lowest BCUT2D eigenvalue weighted by Crippen LogP contribution is -2.44. The van der Waals surface area contributed by atoms with Crippen LogP contribution < -0.4 is 10.1 Å². The Morgan fingerprint density at radius 1 is 1.03 bits per heavy atom. The Kier molecular flexibility index (Phi) is 7.50. The third-order valence-electron chi connectivity index (χ3n) is 5.53. The fraction of sp³-hybridized carbons (Fsp3) is 0.435. The topological polar surface area (TPSA) is 75.7 Å². The van der Waals surface area contributed by atoms with E-state index in [2.05, 4.69) is 5.32 Å². The van der Waals surface area contributed by atoms with Gasteiger partial charge in [0, 0.05) is 19.0 Å². The van der Waals surface area contributed by atoms with Crippen molar-refractivity contribution in [3.63, 3.8) is 0 Å². The lowest BCUT2D eigenvalue weighted by atomic mass is 9.94. The van der Waals surface area contributed by atoms with Crippen molar-refractivity contribution in [2.24, 2.45) is 5.92 Å². The van der Waals surface area contributed by atoms with Gasteiger partial charge in [-0.05, 0) is 49.9 Å². The summed E-state index contributed by atoms with van der Waals surface area (Å²) in [5.41, 5.74) is 1.98. The third-order valence-corrected chi connectivity index (χ3v) is 7.41. The lowest BCUT2D eigenvalue weighted by molar-refractivity contribution is -0.126. The number of ether oxygens (including phenoxy) is 1.